The number of aliphatic hydroxyl groups excluding tert-OH is 6. The lowest BCUT2D eigenvalue weighted by atomic mass is 9.85. The van der Waals surface area contributed by atoms with E-state index in [0.29, 0.717) is 5.56 Å². The zero-order valence-corrected chi connectivity index (χ0v) is 69.2. The Kier molecular flexibility index (Phi) is 29.5. The van der Waals surface area contributed by atoms with Crippen molar-refractivity contribution in [2.75, 3.05) is 45.8 Å². The average Bonchev–Trinajstić information content (AvgIpc) is 0.767. The summed E-state index contributed by atoms with van der Waals surface area (Å²) in [6, 6.07) is 4.43. The molecule has 125 heavy (non-hydrogen) atoms. The number of carbonyl (C=O) groups excluding carboxylic acids is 9. The standard InChI is InChI=1S/C81H89Cl3FN13O27/c1-6-46(87-4)72(110)95-63-65(105)36-9-13-50(43(83)24-36)121-52-26-38-27-53(69(52)125-79-70(68(108)67(107)54(32-99)123-79)124-58-31-81(3,71(109)33(2)120-58)88-16-18-98-17-15-56(91-80(98)117)90-57(104)22-34-7-11-45(85)42(82)21-34)122-51-14-10-37(25-44(51)84)66(106)64-77(115)94-62(78(116)97-119-20-19-118-5)41-28-39(100)29-49(102)59(41)40-23-35(8-12-48(40)101)60(74(112)96-64)93-75(113)61(38)92-73(111)47(30-55(86)103)89-76(63)114/h7-15,17,21,23-29,33,46-47,54,58,60-68,70-71,79,87-88,99-102,105-109H,6,16,18-20,22,30-32H2,1-5H3,(H2,86,103)(H,89,114)(H,92,111)(H,93,113)(H,94,115)(H,95,110)(H,96,112)(H,97,116)(H,90,91,104,117)/t33-,46+,47-,54+,58-,60+,61+,62+,63+,64-,65+,66+,67+,68-,70+,71+,79-,81-/m0/s1. The van der Waals surface area contributed by atoms with E-state index in [1.807, 2.05) is 0 Å². The Balaban J connectivity index is 0.995. The van der Waals surface area contributed by atoms with Crippen LogP contribution in [0.5, 0.6) is 46.0 Å². The van der Waals surface area contributed by atoms with Crippen LogP contribution in [0.15, 0.2) is 114 Å². The number of primary amides is 1. The molecule has 9 amide bonds. The number of nitrogens with two attached hydrogens (primary N) is 1. The molecule has 2 saturated heterocycles. The lowest BCUT2D eigenvalue weighted by Gasteiger charge is -2.48. The van der Waals surface area contributed by atoms with Gasteiger partial charge in [0.05, 0.1) is 66.0 Å². The molecule has 7 aromatic rings. The predicted octanol–water partition coefficient (Wildman–Crippen LogP) is 0.941. The van der Waals surface area contributed by atoms with Gasteiger partial charge in [-0.2, -0.15) is 4.98 Å². The van der Waals surface area contributed by atoms with Gasteiger partial charge in [0.1, 0.15) is 107 Å². The van der Waals surface area contributed by atoms with Crippen molar-refractivity contribution in [3.63, 3.8) is 0 Å². The molecule has 40 nitrogen and oxygen atoms in total. The average molecular weight is 1800 g/mol. The Labute approximate surface area is 724 Å². The number of rotatable bonds is 23. The molecule has 21 N–H and O–H groups in total. The maximum Gasteiger partial charge on any atom is 0.349 e. The number of nitrogens with one attached hydrogen (secondary N) is 10. The van der Waals surface area contributed by atoms with Crippen LogP contribution >= 0.6 is 34.8 Å². The lowest BCUT2D eigenvalue weighted by Crippen LogP contribution is -2.65. The highest BCUT2D eigenvalue weighted by Crippen LogP contribution is 2.50. The second kappa shape index (κ2) is 39.8. The number of hydrogen-bond acceptors (Lipinski definition) is 30. The van der Waals surface area contributed by atoms with E-state index in [4.69, 9.17) is 78.5 Å². The van der Waals surface area contributed by atoms with E-state index in [9.17, 15) is 79.1 Å². The maximum absolute atomic E-state index is 16.3. The number of amides is 9. The van der Waals surface area contributed by atoms with E-state index in [0.717, 1.165) is 78.9 Å². The van der Waals surface area contributed by atoms with Crippen LogP contribution in [0.4, 0.5) is 10.2 Å². The molecular formula is C81H89Cl3FN13O27. The van der Waals surface area contributed by atoms with Crippen LogP contribution in [-0.4, -0.2) is 228 Å². The zero-order chi connectivity index (χ0) is 90.3. The number of nitrogens with zero attached hydrogens (tertiary/aromatic N) is 2. The molecule has 11 bridgehead atoms. The summed E-state index contributed by atoms with van der Waals surface area (Å²) in [5.41, 5.74) is 3.31. The van der Waals surface area contributed by atoms with E-state index >= 15 is 19.2 Å². The number of likely N-dealkylation sites (N-methyl/N-ethyl adjacent to an activating group) is 1. The predicted molar refractivity (Wildman–Crippen MR) is 435 cm³/mol. The molecule has 0 saturated carbocycles. The number of hydrogen-bond donors (Lipinski definition) is 20. The van der Waals surface area contributed by atoms with Gasteiger partial charge in [0.25, 0.3) is 5.91 Å². The van der Waals surface area contributed by atoms with Crippen LogP contribution in [0, 0.1) is 5.82 Å². The van der Waals surface area contributed by atoms with Crippen LogP contribution in [0.3, 0.4) is 0 Å². The topological polar surface area (TPSA) is 591 Å². The van der Waals surface area contributed by atoms with Crippen LogP contribution in [0.2, 0.25) is 15.1 Å². The molecular weight excluding hydrogens is 1710 g/mol. The van der Waals surface area contributed by atoms with Crippen LogP contribution < -0.4 is 79.0 Å². The van der Waals surface area contributed by atoms with Gasteiger partial charge in [0.15, 0.2) is 23.9 Å². The highest BCUT2D eigenvalue weighted by Gasteiger charge is 2.52. The van der Waals surface area contributed by atoms with E-state index < -0.39 is 259 Å². The number of aliphatic hydroxyl groups is 6. The van der Waals surface area contributed by atoms with Gasteiger partial charge in [-0.3, -0.25) is 52.6 Å². The van der Waals surface area contributed by atoms with E-state index in [1.54, 1.807) is 13.8 Å². The number of phenolic OH excluding ortho intramolecular Hbond substituents is 3. The Morgan fingerprint density at radius 1 is 0.728 bits per heavy atom. The number of halogens is 4. The number of fused-ring (bicyclic) bond motifs is 15. The highest BCUT2D eigenvalue weighted by atomic mass is 35.5. The molecule has 2 fully saturated rings. The number of aromatic nitrogens is 2. The van der Waals surface area contributed by atoms with Crippen LogP contribution in [0.1, 0.15) is 104 Å². The first kappa shape index (κ1) is 92.7. The molecule has 1 aromatic heterocycles. The minimum Gasteiger partial charge on any atom is -0.508 e. The van der Waals surface area contributed by atoms with Gasteiger partial charge in [-0.15, -0.1) is 0 Å². The van der Waals surface area contributed by atoms with Gasteiger partial charge in [0, 0.05) is 55.5 Å². The van der Waals surface area contributed by atoms with E-state index in [-0.39, 0.29) is 78.8 Å². The number of phenols is 3. The zero-order valence-electron chi connectivity index (χ0n) is 66.9. The number of hydroxylamine groups is 1. The normalized spacial score (nSPS) is 25.9. The summed E-state index contributed by atoms with van der Waals surface area (Å²) in [5.74, 6) is -17.0. The van der Waals surface area contributed by atoms with Crippen molar-refractivity contribution in [2.45, 2.75) is 162 Å². The first-order chi connectivity index (χ1) is 59.5. The van der Waals surface area contributed by atoms with Crippen molar-refractivity contribution in [1.82, 2.24) is 57.6 Å². The number of aromatic hydroxyl groups is 3. The van der Waals surface area contributed by atoms with Gasteiger partial charge in [-0.05, 0) is 133 Å². The third-order valence-corrected chi connectivity index (χ3v) is 22.3. The maximum atomic E-state index is 16.3. The summed E-state index contributed by atoms with van der Waals surface area (Å²) in [5, 5.41) is 129. The third kappa shape index (κ3) is 21.0. The molecule has 44 heteroatoms. The van der Waals surface area contributed by atoms with Gasteiger partial charge in [-0.1, -0.05) is 66.0 Å². The largest absolute Gasteiger partial charge is 0.508 e. The fraction of sp³-hybridized carbons (Fsp3) is 0.395. The van der Waals surface area contributed by atoms with Crippen molar-refractivity contribution in [2.24, 2.45) is 5.73 Å². The summed E-state index contributed by atoms with van der Waals surface area (Å²) in [6.07, 6.45) is -18.6. The van der Waals surface area contributed by atoms with E-state index in [1.165, 1.54) is 56.1 Å². The summed E-state index contributed by atoms with van der Waals surface area (Å²) in [7, 11) is 2.77. The fourth-order valence-corrected chi connectivity index (χ4v) is 15.5. The number of carbonyl (C=O) groups is 9. The first-order valence-electron chi connectivity index (χ1n) is 38.9. The van der Waals surface area contributed by atoms with Crippen molar-refractivity contribution in [1.29, 1.82) is 0 Å². The highest BCUT2D eigenvalue weighted by molar-refractivity contribution is 6.32. The van der Waals surface area contributed by atoms with Crippen molar-refractivity contribution >= 4 is 93.8 Å². The Morgan fingerprint density at radius 2 is 1.39 bits per heavy atom. The molecule has 7 aliphatic rings. The number of ether oxygens (including phenoxy) is 7. The van der Waals surface area contributed by atoms with Crippen LogP contribution in [-0.2, 0) is 79.9 Å². The van der Waals surface area contributed by atoms with Gasteiger partial charge in [-0.25, -0.2) is 14.7 Å². The van der Waals surface area contributed by atoms with Crippen molar-refractivity contribution < 1.29 is 131 Å². The minimum absolute atomic E-state index is 0.0616. The molecule has 0 spiro atoms. The Hall–Kier alpha value is -11.5. The third-order valence-electron chi connectivity index (χ3n) is 21.4. The monoisotopic (exact) mass is 1800 g/mol. The summed E-state index contributed by atoms with van der Waals surface area (Å²) in [4.78, 5) is 155. The van der Waals surface area contributed by atoms with Crippen molar-refractivity contribution in [3.05, 3.63) is 174 Å². The molecule has 0 unspecified atom stereocenters. The SMILES string of the molecule is CC[C@@H](NC)C(=O)N[C@H]1C(=O)N[C@@H](CC(N)=O)C(=O)N[C@H]2C(=O)N[C@H]3C(=O)N[C@H](C(=O)N[C@@H](C(=O)NOCCOC)c4cc(O)cc(O)c4-c4cc3ccc4O)[C@H](O)c3ccc(c(Cl)c3)Oc3cc2cc(c3O[C@@H]2O[C@H](CO)[C@@H](O)[C@H](O)[C@H]2O[C@H]2C[C@](C)(NCCn3ccc(NC(=O)Cc4ccc(F)c(Cl)c4)nc3=O)[C@H](O)[C@H](C)O2)Oc2ccc(cc2Cl)[C@H]1O. The second-order valence-corrected chi connectivity index (χ2v) is 31.3. The molecule has 8 heterocycles. The fourth-order valence-electron chi connectivity index (χ4n) is 14.8. The summed E-state index contributed by atoms with van der Waals surface area (Å²) in [6.45, 7) is 3.15. The van der Waals surface area contributed by atoms with Crippen molar-refractivity contribution in [3.8, 4) is 57.1 Å². The summed E-state index contributed by atoms with van der Waals surface area (Å²) >= 11 is 20.2. The summed E-state index contributed by atoms with van der Waals surface area (Å²) < 4.78 is 59.3. The number of methoxy groups -OCH3 is 1. The molecule has 6 aromatic carbocycles. The quantitative estimate of drug-likeness (QED) is 0.0313. The van der Waals surface area contributed by atoms with Gasteiger partial charge < -0.3 is 133 Å². The molecule has 0 aliphatic carbocycles. The number of anilines is 1. The number of benzene rings is 6. The molecule has 18 atom stereocenters. The minimum atomic E-state index is -2.40. The van der Waals surface area contributed by atoms with Gasteiger partial charge in [0.2, 0.25) is 59.3 Å². The Bertz CT molecular complexity index is 5350. The molecule has 7 aliphatic heterocycles. The smallest absolute Gasteiger partial charge is 0.349 e. The van der Waals surface area contributed by atoms with Crippen LogP contribution in [0.25, 0.3) is 11.1 Å². The van der Waals surface area contributed by atoms with Gasteiger partial charge >= 0.3 is 5.69 Å². The lowest BCUT2D eigenvalue weighted by molar-refractivity contribution is -0.334. The molecule has 14 rings (SSSR count). The second-order valence-electron chi connectivity index (χ2n) is 30.1. The Morgan fingerprint density at radius 3 is 2.03 bits per heavy atom. The first-order valence-corrected chi connectivity index (χ1v) is 40.0. The molecule has 0 radical (unpaired) electrons. The molecule has 668 valence electrons. The van der Waals surface area contributed by atoms with E-state index in [2.05, 4.69) is 58.3 Å².